The lowest BCUT2D eigenvalue weighted by atomic mass is 9.49. The Hall–Kier alpha value is 1.05. The molecule has 2 saturated carbocycles. The summed E-state index contributed by atoms with van der Waals surface area (Å²) in [5.41, 5.74) is 0.585. The Morgan fingerprint density at radius 2 is 1.76 bits per heavy atom. The molecule has 3 aliphatic rings. The van der Waals surface area contributed by atoms with E-state index in [0.29, 0.717) is 10.7 Å². The fourth-order valence-electron chi connectivity index (χ4n) is 4.73. The Balaban J connectivity index is 1.92. The largest absolute Gasteiger partial charge is 0.176 e. The SMILES string of the molecule is CC1CC[C@H](S)C2CCC3CSSCC3[C@@]12C. The van der Waals surface area contributed by atoms with E-state index in [9.17, 15) is 0 Å². The molecule has 3 heteroatoms. The van der Waals surface area contributed by atoms with Crippen molar-refractivity contribution < 1.29 is 0 Å². The van der Waals surface area contributed by atoms with Gasteiger partial charge in [-0.05, 0) is 54.8 Å². The summed E-state index contributed by atoms with van der Waals surface area (Å²) >= 11 is 4.92. The first-order chi connectivity index (χ1) is 8.14. The number of fused-ring (bicyclic) bond motifs is 3. The summed E-state index contributed by atoms with van der Waals surface area (Å²) < 4.78 is 0. The zero-order valence-corrected chi connectivity index (χ0v) is 13.4. The van der Waals surface area contributed by atoms with Crippen LogP contribution in [0.5, 0.6) is 0 Å². The first-order valence-corrected chi connectivity index (χ1v) is 10.1. The van der Waals surface area contributed by atoms with Gasteiger partial charge in [0.25, 0.3) is 0 Å². The molecule has 0 spiro atoms. The van der Waals surface area contributed by atoms with Crippen LogP contribution in [0.2, 0.25) is 0 Å². The summed E-state index contributed by atoms with van der Waals surface area (Å²) in [6.45, 7) is 5.12. The van der Waals surface area contributed by atoms with Gasteiger partial charge < -0.3 is 0 Å². The van der Waals surface area contributed by atoms with Crippen molar-refractivity contribution >= 4 is 34.2 Å². The van der Waals surface area contributed by atoms with Gasteiger partial charge in [0, 0.05) is 16.8 Å². The summed E-state index contributed by atoms with van der Waals surface area (Å²) in [4.78, 5) is 0. The van der Waals surface area contributed by atoms with E-state index in [1.807, 2.05) is 0 Å². The molecule has 1 saturated heterocycles. The third-order valence-electron chi connectivity index (χ3n) is 6.05. The molecule has 98 valence electrons. The van der Waals surface area contributed by atoms with E-state index in [1.54, 1.807) is 0 Å². The van der Waals surface area contributed by atoms with Crippen molar-refractivity contribution in [2.75, 3.05) is 11.5 Å². The minimum atomic E-state index is 0.585. The molecule has 3 fully saturated rings. The zero-order valence-electron chi connectivity index (χ0n) is 10.9. The lowest BCUT2D eigenvalue weighted by Gasteiger charge is -2.59. The minimum Gasteiger partial charge on any atom is -0.176 e. The average Bonchev–Trinajstić information content (AvgIpc) is 2.35. The van der Waals surface area contributed by atoms with Gasteiger partial charge in [-0.1, -0.05) is 35.4 Å². The van der Waals surface area contributed by atoms with Gasteiger partial charge in [-0.25, -0.2) is 0 Å². The van der Waals surface area contributed by atoms with Crippen LogP contribution in [0.1, 0.15) is 39.5 Å². The molecular weight excluding hydrogens is 264 g/mol. The van der Waals surface area contributed by atoms with E-state index >= 15 is 0 Å². The molecule has 0 N–H and O–H groups in total. The second-order valence-corrected chi connectivity index (χ2v) is 9.75. The van der Waals surface area contributed by atoms with Crippen LogP contribution >= 0.6 is 34.2 Å². The van der Waals surface area contributed by atoms with Gasteiger partial charge >= 0.3 is 0 Å². The molecule has 1 heterocycles. The van der Waals surface area contributed by atoms with Gasteiger partial charge in [-0.2, -0.15) is 12.6 Å². The van der Waals surface area contributed by atoms with E-state index in [1.165, 1.54) is 37.2 Å². The zero-order chi connectivity index (χ0) is 12.0. The van der Waals surface area contributed by atoms with Gasteiger partial charge in [0.1, 0.15) is 0 Å². The molecule has 1 aliphatic heterocycles. The number of thiol groups is 1. The van der Waals surface area contributed by atoms with E-state index < -0.39 is 0 Å². The second-order valence-electron chi connectivity index (χ2n) is 6.53. The molecule has 0 aromatic rings. The molecule has 0 bridgehead atoms. The normalized spacial score (nSPS) is 54.9. The summed E-state index contributed by atoms with van der Waals surface area (Å²) in [6, 6.07) is 0. The molecule has 0 radical (unpaired) electrons. The summed E-state index contributed by atoms with van der Waals surface area (Å²) in [6.07, 6.45) is 5.68. The van der Waals surface area contributed by atoms with Crippen LogP contribution < -0.4 is 0 Å². The predicted octanol–water partition coefficient (Wildman–Crippen LogP) is 4.76. The summed E-state index contributed by atoms with van der Waals surface area (Å²) in [7, 11) is 4.25. The Bertz CT molecular complexity index is 293. The minimum absolute atomic E-state index is 0.585. The standard InChI is InChI=1S/C14H24S3/c1-9-3-6-13(15)11-5-4-10-7-16-17-8-12(10)14(9,11)2/h9-13,15H,3-8H2,1-2H3/t9?,10?,11?,12?,13-,14-/m0/s1. The predicted molar refractivity (Wildman–Crippen MR) is 83.9 cm³/mol. The van der Waals surface area contributed by atoms with Crippen LogP contribution in [0.25, 0.3) is 0 Å². The van der Waals surface area contributed by atoms with Crippen molar-refractivity contribution in [1.29, 1.82) is 0 Å². The molecular formula is C14H24S3. The fourth-order valence-corrected chi connectivity index (χ4v) is 8.44. The third kappa shape index (κ3) is 1.99. The Kier molecular flexibility index (Phi) is 3.73. The molecule has 3 rings (SSSR count). The van der Waals surface area contributed by atoms with E-state index in [0.717, 1.165) is 23.7 Å². The highest BCUT2D eigenvalue weighted by molar-refractivity contribution is 8.76. The maximum Gasteiger partial charge on any atom is 0.00736 e. The van der Waals surface area contributed by atoms with Gasteiger partial charge in [0.15, 0.2) is 0 Å². The highest BCUT2D eigenvalue weighted by atomic mass is 33.1. The smallest absolute Gasteiger partial charge is 0.00736 e. The Labute approximate surface area is 119 Å². The van der Waals surface area contributed by atoms with Gasteiger partial charge in [0.05, 0.1) is 0 Å². The molecule has 0 aromatic carbocycles. The van der Waals surface area contributed by atoms with Crippen molar-refractivity contribution in [3.8, 4) is 0 Å². The third-order valence-corrected chi connectivity index (χ3v) is 9.21. The van der Waals surface area contributed by atoms with Crippen molar-refractivity contribution in [1.82, 2.24) is 0 Å². The van der Waals surface area contributed by atoms with E-state index in [2.05, 4.69) is 35.4 Å². The highest BCUT2D eigenvalue weighted by Crippen LogP contribution is 2.61. The Morgan fingerprint density at radius 3 is 2.59 bits per heavy atom. The molecule has 0 amide bonds. The maximum atomic E-state index is 4.92. The van der Waals surface area contributed by atoms with E-state index in [4.69, 9.17) is 12.6 Å². The highest BCUT2D eigenvalue weighted by Gasteiger charge is 2.55. The lowest BCUT2D eigenvalue weighted by molar-refractivity contribution is -0.0545. The molecule has 2 aliphatic carbocycles. The molecule has 0 nitrogen and oxygen atoms in total. The lowest BCUT2D eigenvalue weighted by Crippen LogP contribution is -2.55. The van der Waals surface area contributed by atoms with Crippen LogP contribution in [0.4, 0.5) is 0 Å². The molecule has 6 atom stereocenters. The summed E-state index contributed by atoms with van der Waals surface area (Å²) in [5, 5.41) is 0.678. The molecule has 17 heavy (non-hydrogen) atoms. The number of hydrogen-bond donors (Lipinski definition) is 1. The van der Waals surface area contributed by atoms with E-state index in [-0.39, 0.29) is 0 Å². The van der Waals surface area contributed by atoms with Crippen molar-refractivity contribution in [2.24, 2.45) is 29.1 Å². The molecule has 4 unspecified atom stereocenters. The summed E-state index contributed by atoms with van der Waals surface area (Å²) in [5.74, 6) is 6.57. The monoisotopic (exact) mass is 288 g/mol. The van der Waals surface area contributed by atoms with Gasteiger partial charge in [-0.3, -0.25) is 0 Å². The first-order valence-electron chi connectivity index (χ1n) is 7.06. The Morgan fingerprint density at radius 1 is 1.00 bits per heavy atom. The fraction of sp³-hybridized carbons (Fsp3) is 1.00. The number of rotatable bonds is 0. The quantitative estimate of drug-likeness (QED) is 0.504. The number of hydrogen-bond acceptors (Lipinski definition) is 3. The van der Waals surface area contributed by atoms with Crippen molar-refractivity contribution in [3.05, 3.63) is 0 Å². The topological polar surface area (TPSA) is 0 Å². The van der Waals surface area contributed by atoms with Crippen LogP contribution in [-0.2, 0) is 0 Å². The van der Waals surface area contributed by atoms with Gasteiger partial charge in [0.2, 0.25) is 0 Å². The average molecular weight is 289 g/mol. The second kappa shape index (κ2) is 4.86. The van der Waals surface area contributed by atoms with Crippen LogP contribution in [0, 0.1) is 29.1 Å². The van der Waals surface area contributed by atoms with Crippen molar-refractivity contribution in [3.63, 3.8) is 0 Å². The molecule has 0 aromatic heterocycles. The van der Waals surface area contributed by atoms with Crippen molar-refractivity contribution in [2.45, 2.75) is 44.8 Å². The van der Waals surface area contributed by atoms with Gasteiger partial charge in [-0.15, -0.1) is 0 Å². The first kappa shape index (κ1) is 13.1. The van der Waals surface area contributed by atoms with Crippen LogP contribution in [0.3, 0.4) is 0 Å². The van der Waals surface area contributed by atoms with Crippen LogP contribution in [-0.4, -0.2) is 16.8 Å². The van der Waals surface area contributed by atoms with Crippen LogP contribution in [0.15, 0.2) is 0 Å². The maximum absolute atomic E-state index is 4.92.